The Morgan fingerprint density at radius 3 is 2.62 bits per heavy atom. The summed E-state index contributed by atoms with van der Waals surface area (Å²) in [7, 11) is 1.72. The minimum absolute atomic E-state index is 0.328. The first-order valence-electron chi connectivity index (χ1n) is 9.47. The van der Waals surface area contributed by atoms with E-state index in [1.54, 1.807) is 7.11 Å². The lowest BCUT2D eigenvalue weighted by molar-refractivity contribution is 0.0519. The quantitative estimate of drug-likeness (QED) is 0.852. The van der Waals surface area contributed by atoms with Crippen molar-refractivity contribution in [3.05, 3.63) is 28.8 Å². The number of methoxy groups -OCH3 is 1. The van der Waals surface area contributed by atoms with Crippen LogP contribution in [0, 0.1) is 19.8 Å². The predicted molar refractivity (Wildman–Crippen MR) is 105 cm³/mol. The average Bonchev–Trinajstić information content (AvgIpc) is 3.02. The SMILES string of the molecule is COc1ccc([C@@H](C)N2CC[C@@H](CNC(=O)OC(C)(C)C)C2)c(C)c1C. The third-order valence-electron chi connectivity index (χ3n) is 5.25. The first kappa shape index (κ1) is 20.6. The van der Waals surface area contributed by atoms with Crippen LogP contribution in [-0.2, 0) is 4.74 Å². The van der Waals surface area contributed by atoms with Crippen molar-refractivity contribution in [2.45, 2.75) is 59.6 Å². The molecule has 1 aliphatic rings. The van der Waals surface area contributed by atoms with Gasteiger partial charge in [0.25, 0.3) is 0 Å². The second-order valence-corrected chi connectivity index (χ2v) is 8.32. The highest BCUT2D eigenvalue weighted by atomic mass is 16.6. The first-order chi connectivity index (χ1) is 12.1. The highest BCUT2D eigenvalue weighted by Gasteiger charge is 2.28. The van der Waals surface area contributed by atoms with Crippen LogP contribution in [0.5, 0.6) is 5.75 Å². The van der Waals surface area contributed by atoms with Gasteiger partial charge < -0.3 is 14.8 Å². The lowest BCUT2D eigenvalue weighted by Gasteiger charge is -2.27. The molecule has 2 rings (SSSR count). The summed E-state index contributed by atoms with van der Waals surface area (Å²) in [5, 5.41) is 2.91. The van der Waals surface area contributed by atoms with Gasteiger partial charge in [0.2, 0.25) is 0 Å². The third kappa shape index (κ3) is 5.13. The monoisotopic (exact) mass is 362 g/mol. The van der Waals surface area contributed by atoms with Gasteiger partial charge in [0.15, 0.2) is 0 Å². The number of amides is 1. The molecule has 0 bridgehead atoms. The Hall–Kier alpha value is -1.75. The molecule has 1 amide bonds. The van der Waals surface area contributed by atoms with Crippen molar-refractivity contribution in [3.8, 4) is 5.75 Å². The fourth-order valence-electron chi connectivity index (χ4n) is 3.61. The van der Waals surface area contributed by atoms with Gasteiger partial charge >= 0.3 is 6.09 Å². The Morgan fingerprint density at radius 1 is 1.31 bits per heavy atom. The summed E-state index contributed by atoms with van der Waals surface area (Å²) in [6.45, 7) is 14.9. The second kappa shape index (κ2) is 8.30. The maximum absolute atomic E-state index is 11.8. The zero-order valence-electron chi connectivity index (χ0n) is 17.3. The summed E-state index contributed by atoms with van der Waals surface area (Å²) in [6.07, 6.45) is 0.763. The van der Waals surface area contributed by atoms with Gasteiger partial charge in [-0.25, -0.2) is 4.79 Å². The normalized spacial score (nSPS) is 19.3. The summed E-state index contributed by atoms with van der Waals surface area (Å²) < 4.78 is 10.7. The molecule has 5 heteroatoms. The second-order valence-electron chi connectivity index (χ2n) is 8.32. The number of nitrogens with one attached hydrogen (secondary N) is 1. The van der Waals surface area contributed by atoms with E-state index in [4.69, 9.17) is 9.47 Å². The van der Waals surface area contributed by atoms with Gasteiger partial charge in [-0.15, -0.1) is 0 Å². The number of benzene rings is 1. The van der Waals surface area contributed by atoms with Crippen molar-refractivity contribution >= 4 is 6.09 Å². The molecule has 1 aromatic carbocycles. The highest BCUT2D eigenvalue weighted by Crippen LogP contribution is 2.33. The van der Waals surface area contributed by atoms with Crippen molar-refractivity contribution in [1.29, 1.82) is 0 Å². The average molecular weight is 363 g/mol. The van der Waals surface area contributed by atoms with Gasteiger partial charge in [-0.2, -0.15) is 0 Å². The van der Waals surface area contributed by atoms with Crippen LogP contribution in [-0.4, -0.2) is 43.3 Å². The van der Waals surface area contributed by atoms with E-state index in [-0.39, 0.29) is 6.09 Å². The largest absolute Gasteiger partial charge is 0.496 e. The Morgan fingerprint density at radius 2 is 2.00 bits per heavy atom. The standard InChI is InChI=1S/C21H34N2O3/c1-14-15(2)19(25-7)9-8-18(14)16(3)23-11-10-17(13-23)12-22-20(24)26-21(4,5)6/h8-9,16-17H,10-13H2,1-7H3,(H,22,24)/t16-,17+/m1/s1. The lowest BCUT2D eigenvalue weighted by Crippen LogP contribution is -2.36. The van der Waals surface area contributed by atoms with E-state index in [9.17, 15) is 4.79 Å². The molecule has 5 nitrogen and oxygen atoms in total. The molecule has 0 aliphatic carbocycles. The van der Waals surface area contributed by atoms with Crippen molar-refractivity contribution in [2.75, 3.05) is 26.7 Å². The van der Waals surface area contributed by atoms with E-state index >= 15 is 0 Å². The molecule has 0 saturated carbocycles. The van der Waals surface area contributed by atoms with Crippen LogP contribution in [0.1, 0.15) is 56.8 Å². The van der Waals surface area contributed by atoms with E-state index in [2.05, 4.69) is 43.1 Å². The van der Waals surface area contributed by atoms with Crippen LogP contribution < -0.4 is 10.1 Å². The number of nitrogens with zero attached hydrogens (tertiary/aromatic N) is 1. The molecule has 1 fully saturated rings. The molecule has 2 atom stereocenters. The topological polar surface area (TPSA) is 50.8 Å². The van der Waals surface area contributed by atoms with Crippen LogP contribution in [0.4, 0.5) is 4.79 Å². The molecule has 146 valence electrons. The van der Waals surface area contributed by atoms with Crippen LogP contribution in [0.3, 0.4) is 0 Å². The van der Waals surface area contributed by atoms with Gasteiger partial charge in [-0.1, -0.05) is 6.07 Å². The Bertz CT molecular complexity index is 637. The Balaban J connectivity index is 1.92. The number of alkyl carbamates (subject to hydrolysis) is 1. The fraction of sp³-hybridized carbons (Fsp3) is 0.667. The molecule has 0 aromatic heterocycles. The molecule has 1 N–H and O–H groups in total. The molecular weight excluding hydrogens is 328 g/mol. The van der Waals surface area contributed by atoms with Crippen LogP contribution >= 0.6 is 0 Å². The number of hydrogen-bond donors (Lipinski definition) is 1. The van der Waals surface area contributed by atoms with Gasteiger partial charge in [0.1, 0.15) is 11.4 Å². The van der Waals surface area contributed by atoms with Crippen molar-refractivity contribution < 1.29 is 14.3 Å². The van der Waals surface area contributed by atoms with Crippen LogP contribution in [0.2, 0.25) is 0 Å². The van der Waals surface area contributed by atoms with Gasteiger partial charge in [0.05, 0.1) is 7.11 Å². The van der Waals surface area contributed by atoms with E-state index < -0.39 is 5.60 Å². The molecule has 0 spiro atoms. The highest BCUT2D eigenvalue weighted by molar-refractivity contribution is 5.67. The minimum Gasteiger partial charge on any atom is -0.496 e. The molecule has 1 heterocycles. The summed E-state index contributed by atoms with van der Waals surface area (Å²) >= 11 is 0. The summed E-state index contributed by atoms with van der Waals surface area (Å²) in [4.78, 5) is 14.3. The Labute approximate surface area is 158 Å². The molecule has 0 radical (unpaired) electrons. The fourth-order valence-corrected chi connectivity index (χ4v) is 3.61. The van der Waals surface area contributed by atoms with Crippen molar-refractivity contribution in [2.24, 2.45) is 5.92 Å². The van der Waals surface area contributed by atoms with Gasteiger partial charge in [0, 0.05) is 19.1 Å². The van der Waals surface area contributed by atoms with Crippen molar-refractivity contribution in [3.63, 3.8) is 0 Å². The number of likely N-dealkylation sites (tertiary alicyclic amines) is 1. The maximum atomic E-state index is 11.8. The number of carbonyl (C=O) groups is 1. The number of hydrogen-bond acceptors (Lipinski definition) is 4. The summed E-state index contributed by atoms with van der Waals surface area (Å²) in [6, 6.07) is 4.59. The van der Waals surface area contributed by atoms with Gasteiger partial charge in [-0.3, -0.25) is 4.90 Å². The minimum atomic E-state index is -0.454. The molecule has 0 unspecified atom stereocenters. The third-order valence-corrected chi connectivity index (χ3v) is 5.25. The number of carbonyl (C=O) groups excluding carboxylic acids is 1. The molecular formula is C21H34N2O3. The number of ether oxygens (including phenoxy) is 2. The molecule has 1 aliphatic heterocycles. The summed E-state index contributed by atoms with van der Waals surface area (Å²) in [5.74, 6) is 1.41. The van der Waals surface area contributed by atoms with E-state index in [1.165, 1.54) is 16.7 Å². The van der Waals surface area contributed by atoms with E-state index in [1.807, 2.05) is 20.8 Å². The van der Waals surface area contributed by atoms with Gasteiger partial charge in [-0.05, 0) is 83.2 Å². The van der Waals surface area contributed by atoms with Crippen LogP contribution in [0.25, 0.3) is 0 Å². The van der Waals surface area contributed by atoms with E-state index in [0.717, 1.165) is 25.3 Å². The number of rotatable bonds is 5. The predicted octanol–water partition coefficient (Wildman–Crippen LogP) is 4.22. The lowest BCUT2D eigenvalue weighted by atomic mass is 9.97. The van der Waals surface area contributed by atoms with Crippen LogP contribution in [0.15, 0.2) is 12.1 Å². The zero-order valence-corrected chi connectivity index (χ0v) is 17.3. The zero-order chi connectivity index (χ0) is 19.5. The Kier molecular flexibility index (Phi) is 6.56. The molecule has 26 heavy (non-hydrogen) atoms. The maximum Gasteiger partial charge on any atom is 0.407 e. The summed E-state index contributed by atoms with van der Waals surface area (Å²) in [5.41, 5.74) is 3.40. The molecule has 1 saturated heterocycles. The van der Waals surface area contributed by atoms with E-state index in [0.29, 0.717) is 18.5 Å². The smallest absolute Gasteiger partial charge is 0.407 e. The first-order valence-corrected chi connectivity index (χ1v) is 9.47. The van der Waals surface area contributed by atoms with Crippen molar-refractivity contribution in [1.82, 2.24) is 10.2 Å². The molecule has 1 aromatic rings.